The van der Waals surface area contributed by atoms with Gasteiger partial charge in [0, 0.05) is 16.2 Å². The molecule has 1 heterocycles. The highest BCUT2D eigenvalue weighted by Gasteiger charge is 2.19. The molecule has 0 aliphatic rings. The highest BCUT2D eigenvalue weighted by molar-refractivity contribution is 9.10. The van der Waals surface area contributed by atoms with E-state index in [4.69, 9.17) is 0 Å². The summed E-state index contributed by atoms with van der Waals surface area (Å²) in [5, 5.41) is 0. The molecule has 0 saturated carbocycles. The van der Waals surface area contributed by atoms with Crippen LogP contribution in [-0.4, -0.2) is 11.3 Å². The fourth-order valence-corrected chi connectivity index (χ4v) is 1.29. The van der Waals surface area contributed by atoms with E-state index < -0.39 is 17.5 Å². The smallest absolute Gasteiger partial charge is 0.269 e. The Hall–Kier alpha value is -1.04. The van der Waals surface area contributed by atoms with Crippen LogP contribution in [-0.2, 0) is 0 Å². The van der Waals surface area contributed by atoms with Gasteiger partial charge in [-0.3, -0.25) is 9.59 Å². The molecule has 0 unspecified atom stereocenters. The van der Waals surface area contributed by atoms with Gasteiger partial charge in [-0.15, -0.1) is 0 Å². The van der Waals surface area contributed by atoms with E-state index in [0.717, 1.165) is 6.20 Å². The standard InChI is InChI=1S/C7H4BrF2NO2/c8-4-1-11-7(13)5(6(9)10)3(4)2-12/h1-2,6H,(H,11,13). The normalized spacial score (nSPS) is 10.5. The second-order valence-electron chi connectivity index (χ2n) is 2.21. The lowest BCUT2D eigenvalue weighted by atomic mass is 10.1. The third kappa shape index (κ3) is 1.82. The molecule has 0 fully saturated rings. The second-order valence-corrected chi connectivity index (χ2v) is 3.07. The Labute approximate surface area is 79.9 Å². The fourth-order valence-electron chi connectivity index (χ4n) is 0.872. The van der Waals surface area contributed by atoms with E-state index in [9.17, 15) is 18.4 Å². The van der Waals surface area contributed by atoms with Crippen molar-refractivity contribution < 1.29 is 13.6 Å². The Morgan fingerprint density at radius 3 is 2.54 bits per heavy atom. The van der Waals surface area contributed by atoms with Crippen molar-refractivity contribution in [2.75, 3.05) is 0 Å². The molecule has 13 heavy (non-hydrogen) atoms. The number of aldehydes is 1. The molecule has 1 rings (SSSR count). The molecule has 0 saturated heterocycles. The molecule has 0 atom stereocenters. The largest absolute Gasteiger partial charge is 0.328 e. The molecule has 0 aliphatic heterocycles. The number of alkyl halides is 2. The van der Waals surface area contributed by atoms with Gasteiger partial charge in [0.15, 0.2) is 6.29 Å². The lowest BCUT2D eigenvalue weighted by Gasteiger charge is -2.02. The molecule has 0 radical (unpaired) electrons. The van der Waals surface area contributed by atoms with Crippen LogP contribution in [0.5, 0.6) is 0 Å². The number of rotatable bonds is 2. The molecule has 0 aromatic carbocycles. The summed E-state index contributed by atoms with van der Waals surface area (Å²) in [5.74, 6) is 0. The molecule has 0 spiro atoms. The average Bonchev–Trinajstić information content (AvgIpc) is 2.07. The number of halogens is 3. The van der Waals surface area contributed by atoms with E-state index in [1.165, 1.54) is 0 Å². The van der Waals surface area contributed by atoms with E-state index in [-0.39, 0.29) is 16.3 Å². The summed E-state index contributed by atoms with van der Waals surface area (Å²) >= 11 is 2.88. The predicted molar refractivity (Wildman–Crippen MR) is 45.1 cm³/mol. The highest BCUT2D eigenvalue weighted by Crippen LogP contribution is 2.22. The maximum atomic E-state index is 12.3. The maximum Gasteiger partial charge on any atom is 0.269 e. The summed E-state index contributed by atoms with van der Waals surface area (Å²) in [4.78, 5) is 23.3. The zero-order valence-corrected chi connectivity index (χ0v) is 7.77. The third-order valence-corrected chi connectivity index (χ3v) is 2.11. The molecule has 1 aromatic rings. The SMILES string of the molecule is O=Cc1c(Br)c[nH]c(=O)c1C(F)F. The van der Waals surface area contributed by atoms with Crippen LogP contribution < -0.4 is 5.56 Å². The van der Waals surface area contributed by atoms with Crippen LogP contribution in [0.3, 0.4) is 0 Å². The van der Waals surface area contributed by atoms with Gasteiger partial charge in [-0.05, 0) is 15.9 Å². The molecular weight excluding hydrogens is 248 g/mol. The number of hydrogen-bond donors (Lipinski definition) is 1. The summed E-state index contributed by atoms with van der Waals surface area (Å²) in [6, 6.07) is 0. The van der Waals surface area contributed by atoms with Crippen molar-refractivity contribution in [2.45, 2.75) is 6.43 Å². The average molecular weight is 252 g/mol. The lowest BCUT2D eigenvalue weighted by Crippen LogP contribution is -2.15. The van der Waals surface area contributed by atoms with Gasteiger partial charge in [0.05, 0.1) is 5.56 Å². The number of aromatic amines is 1. The Kier molecular flexibility index (Phi) is 2.92. The molecule has 0 aliphatic carbocycles. The Morgan fingerprint density at radius 1 is 1.54 bits per heavy atom. The minimum Gasteiger partial charge on any atom is -0.328 e. The minimum absolute atomic E-state index is 0.150. The van der Waals surface area contributed by atoms with Crippen molar-refractivity contribution in [1.82, 2.24) is 4.98 Å². The molecular formula is C7H4BrF2NO2. The van der Waals surface area contributed by atoms with Crippen molar-refractivity contribution in [3.63, 3.8) is 0 Å². The lowest BCUT2D eigenvalue weighted by molar-refractivity contribution is 0.110. The summed E-state index contributed by atoms with van der Waals surface area (Å²) in [6.07, 6.45) is -1.58. The van der Waals surface area contributed by atoms with Gasteiger partial charge >= 0.3 is 0 Å². The molecule has 6 heteroatoms. The first-order chi connectivity index (χ1) is 6.07. The van der Waals surface area contributed by atoms with Gasteiger partial charge in [-0.1, -0.05) is 0 Å². The van der Waals surface area contributed by atoms with Crippen LogP contribution in [0, 0.1) is 0 Å². The van der Waals surface area contributed by atoms with E-state index in [1.807, 2.05) is 0 Å². The van der Waals surface area contributed by atoms with Gasteiger partial charge in [-0.2, -0.15) is 0 Å². The molecule has 0 amide bonds. The molecule has 1 aromatic heterocycles. The predicted octanol–water partition coefficient (Wildman–Crippen LogP) is 1.89. The van der Waals surface area contributed by atoms with Crippen molar-refractivity contribution in [3.8, 4) is 0 Å². The highest BCUT2D eigenvalue weighted by atomic mass is 79.9. The van der Waals surface area contributed by atoms with Gasteiger partial charge in [0.1, 0.15) is 0 Å². The molecule has 0 bridgehead atoms. The number of carbonyl (C=O) groups excluding carboxylic acids is 1. The van der Waals surface area contributed by atoms with Crippen LogP contribution in [0.15, 0.2) is 15.5 Å². The summed E-state index contributed by atoms with van der Waals surface area (Å²) in [5.41, 5.74) is -2.05. The Morgan fingerprint density at radius 2 is 2.15 bits per heavy atom. The number of carbonyl (C=O) groups is 1. The van der Waals surface area contributed by atoms with Gasteiger partial charge in [-0.25, -0.2) is 8.78 Å². The number of nitrogens with one attached hydrogen (secondary N) is 1. The van der Waals surface area contributed by atoms with E-state index in [0.29, 0.717) is 0 Å². The first-order valence-electron chi connectivity index (χ1n) is 3.22. The summed E-state index contributed by atoms with van der Waals surface area (Å²) < 4.78 is 24.7. The van der Waals surface area contributed by atoms with Crippen molar-refractivity contribution in [3.05, 3.63) is 32.2 Å². The van der Waals surface area contributed by atoms with Crippen LogP contribution in [0.2, 0.25) is 0 Å². The molecule has 70 valence electrons. The third-order valence-electron chi connectivity index (χ3n) is 1.46. The Bertz CT molecular complexity index is 389. The first-order valence-corrected chi connectivity index (χ1v) is 4.01. The van der Waals surface area contributed by atoms with E-state index >= 15 is 0 Å². The minimum atomic E-state index is -2.96. The summed E-state index contributed by atoms with van der Waals surface area (Å²) in [6.45, 7) is 0. The number of aromatic nitrogens is 1. The second kappa shape index (κ2) is 3.78. The fraction of sp³-hybridized carbons (Fsp3) is 0.143. The van der Waals surface area contributed by atoms with E-state index in [1.54, 1.807) is 0 Å². The van der Waals surface area contributed by atoms with Crippen LogP contribution >= 0.6 is 15.9 Å². The Balaban J connectivity index is 3.53. The van der Waals surface area contributed by atoms with Crippen molar-refractivity contribution in [1.29, 1.82) is 0 Å². The first kappa shape index (κ1) is 10.0. The number of pyridine rings is 1. The van der Waals surface area contributed by atoms with Gasteiger partial charge < -0.3 is 4.98 Å². The van der Waals surface area contributed by atoms with E-state index in [2.05, 4.69) is 20.9 Å². The maximum absolute atomic E-state index is 12.3. The number of hydrogen-bond acceptors (Lipinski definition) is 2. The van der Waals surface area contributed by atoms with Crippen LogP contribution in [0.1, 0.15) is 22.3 Å². The summed E-state index contributed by atoms with van der Waals surface area (Å²) in [7, 11) is 0. The van der Waals surface area contributed by atoms with Crippen LogP contribution in [0.4, 0.5) is 8.78 Å². The van der Waals surface area contributed by atoms with Crippen molar-refractivity contribution >= 4 is 22.2 Å². The van der Waals surface area contributed by atoms with Gasteiger partial charge in [0.2, 0.25) is 0 Å². The zero-order valence-electron chi connectivity index (χ0n) is 6.18. The zero-order chi connectivity index (χ0) is 10.0. The number of H-pyrrole nitrogens is 1. The van der Waals surface area contributed by atoms with Crippen molar-refractivity contribution in [2.24, 2.45) is 0 Å². The van der Waals surface area contributed by atoms with Gasteiger partial charge in [0.25, 0.3) is 12.0 Å². The quantitative estimate of drug-likeness (QED) is 0.817. The molecule has 3 nitrogen and oxygen atoms in total. The topological polar surface area (TPSA) is 49.9 Å². The van der Waals surface area contributed by atoms with Crippen LogP contribution in [0.25, 0.3) is 0 Å². The monoisotopic (exact) mass is 251 g/mol. The molecule has 1 N–H and O–H groups in total.